The van der Waals surface area contributed by atoms with Crippen LogP contribution in [0.3, 0.4) is 0 Å². The molecule has 1 fully saturated rings. The highest BCUT2D eigenvalue weighted by Crippen LogP contribution is 2.27. The van der Waals surface area contributed by atoms with Crippen molar-refractivity contribution in [1.29, 1.82) is 0 Å². The van der Waals surface area contributed by atoms with Crippen molar-refractivity contribution in [2.24, 2.45) is 0 Å². The number of rotatable bonds is 3. The normalized spacial score (nSPS) is 20.1. The highest BCUT2D eigenvalue weighted by molar-refractivity contribution is 5.31. The molecule has 1 aliphatic rings. The molecule has 88 valence electrons. The Kier molecular flexibility index (Phi) is 3.72. The predicted octanol–water partition coefficient (Wildman–Crippen LogP) is 1.97. The molecule has 0 bridgehead atoms. The van der Waals surface area contributed by atoms with Crippen LogP contribution in [0, 0.1) is 0 Å². The quantitative estimate of drug-likeness (QED) is 0.766. The van der Waals surface area contributed by atoms with Crippen LogP contribution in [0.4, 0.5) is 5.82 Å². The van der Waals surface area contributed by atoms with E-state index < -0.39 is 5.60 Å². The van der Waals surface area contributed by atoms with Gasteiger partial charge >= 0.3 is 0 Å². The third-order valence-electron chi connectivity index (χ3n) is 3.21. The predicted molar refractivity (Wildman–Crippen MR) is 63.2 cm³/mol. The van der Waals surface area contributed by atoms with E-state index in [9.17, 15) is 5.11 Å². The zero-order valence-corrected chi connectivity index (χ0v) is 9.52. The standard InChI is InChI=1S/C12H19N3O/c16-12(7-3-1-2-4-8-12)10-13-11-6-5-9-14-15-11/h5-6,9,16H,1-4,7-8,10H2,(H,13,15). The molecule has 1 saturated carbocycles. The van der Waals surface area contributed by atoms with Crippen LogP contribution in [-0.2, 0) is 0 Å². The molecule has 4 nitrogen and oxygen atoms in total. The Morgan fingerprint density at radius 2 is 2.00 bits per heavy atom. The second-order valence-electron chi connectivity index (χ2n) is 4.60. The van der Waals surface area contributed by atoms with E-state index >= 15 is 0 Å². The third-order valence-corrected chi connectivity index (χ3v) is 3.21. The van der Waals surface area contributed by atoms with Crippen molar-refractivity contribution in [3.8, 4) is 0 Å². The summed E-state index contributed by atoms with van der Waals surface area (Å²) in [5.74, 6) is 0.736. The number of hydrogen-bond acceptors (Lipinski definition) is 4. The Labute approximate surface area is 96.1 Å². The molecule has 1 heterocycles. The van der Waals surface area contributed by atoms with Gasteiger partial charge in [-0.2, -0.15) is 5.10 Å². The Bertz CT molecular complexity index is 307. The first-order valence-corrected chi connectivity index (χ1v) is 6.02. The van der Waals surface area contributed by atoms with Crippen molar-refractivity contribution in [2.75, 3.05) is 11.9 Å². The Morgan fingerprint density at radius 1 is 1.25 bits per heavy atom. The fraction of sp³-hybridized carbons (Fsp3) is 0.667. The van der Waals surface area contributed by atoms with Crippen molar-refractivity contribution in [1.82, 2.24) is 10.2 Å². The molecule has 0 atom stereocenters. The topological polar surface area (TPSA) is 58.0 Å². The maximum atomic E-state index is 10.4. The summed E-state index contributed by atoms with van der Waals surface area (Å²) >= 11 is 0. The average molecular weight is 221 g/mol. The molecule has 1 aromatic rings. The first-order chi connectivity index (χ1) is 7.79. The van der Waals surface area contributed by atoms with Crippen molar-refractivity contribution in [3.63, 3.8) is 0 Å². The smallest absolute Gasteiger partial charge is 0.148 e. The lowest BCUT2D eigenvalue weighted by Crippen LogP contribution is -2.36. The number of aliphatic hydroxyl groups is 1. The molecule has 4 heteroatoms. The average Bonchev–Trinajstić information content (AvgIpc) is 2.54. The molecule has 0 unspecified atom stereocenters. The lowest BCUT2D eigenvalue weighted by atomic mass is 9.94. The molecule has 0 spiro atoms. The van der Waals surface area contributed by atoms with Crippen molar-refractivity contribution >= 4 is 5.82 Å². The Hall–Kier alpha value is -1.16. The fourth-order valence-electron chi connectivity index (χ4n) is 2.21. The summed E-state index contributed by atoms with van der Waals surface area (Å²) in [6.07, 6.45) is 8.16. The number of nitrogens with zero attached hydrogens (tertiary/aromatic N) is 2. The molecule has 0 radical (unpaired) electrons. The van der Waals surface area contributed by atoms with Gasteiger partial charge in [0.05, 0.1) is 5.60 Å². The first-order valence-electron chi connectivity index (χ1n) is 6.02. The van der Waals surface area contributed by atoms with E-state index in [0.717, 1.165) is 31.5 Å². The molecular weight excluding hydrogens is 202 g/mol. The van der Waals surface area contributed by atoms with E-state index in [1.807, 2.05) is 12.1 Å². The zero-order chi connectivity index (χ0) is 11.3. The van der Waals surface area contributed by atoms with E-state index in [2.05, 4.69) is 15.5 Å². The van der Waals surface area contributed by atoms with Crippen LogP contribution in [0.2, 0.25) is 0 Å². The van der Waals surface area contributed by atoms with Gasteiger partial charge in [-0.3, -0.25) is 0 Å². The van der Waals surface area contributed by atoms with Crippen LogP contribution < -0.4 is 5.32 Å². The maximum absolute atomic E-state index is 10.4. The number of anilines is 1. The van der Waals surface area contributed by atoms with E-state index in [1.165, 1.54) is 12.8 Å². The zero-order valence-electron chi connectivity index (χ0n) is 9.52. The van der Waals surface area contributed by atoms with Crippen LogP contribution in [0.5, 0.6) is 0 Å². The lowest BCUT2D eigenvalue weighted by Gasteiger charge is -2.26. The minimum atomic E-state index is -0.561. The van der Waals surface area contributed by atoms with Crippen LogP contribution in [0.15, 0.2) is 18.3 Å². The minimum absolute atomic E-state index is 0.561. The molecule has 0 aromatic carbocycles. The summed E-state index contributed by atoms with van der Waals surface area (Å²) in [6.45, 7) is 0.575. The molecule has 0 aliphatic heterocycles. The Morgan fingerprint density at radius 3 is 2.62 bits per heavy atom. The maximum Gasteiger partial charge on any atom is 0.148 e. The lowest BCUT2D eigenvalue weighted by molar-refractivity contribution is 0.0380. The number of aromatic nitrogens is 2. The van der Waals surface area contributed by atoms with Crippen LogP contribution in [0.25, 0.3) is 0 Å². The summed E-state index contributed by atoms with van der Waals surface area (Å²) in [6, 6.07) is 3.71. The molecule has 2 N–H and O–H groups in total. The van der Waals surface area contributed by atoms with Gasteiger partial charge < -0.3 is 10.4 Å². The van der Waals surface area contributed by atoms with Crippen molar-refractivity contribution in [2.45, 2.75) is 44.1 Å². The van der Waals surface area contributed by atoms with Gasteiger partial charge in [0, 0.05) is 12.7 Å². The third kappa shape index (κ3) is 3.17. The van der Waals surface area contributed by atoms with E-state index in [-0.39, 0.29) is 0 Å². The van der Waals surface area contributed by atoms with Gasteiger partial charge in [-0.1, -0.05) is 25.7 Å². The van der Waals surface area contributed by atoms with Gasteiger partial charge in [-0.05, 0) is 25.0 Å². The second-order valence-corrected chi connectivity index (χ2v) is 4.60. The van der Waals surface area contributed by atoms with Gasteiger partial charge in [0.15, 0.2) is 0 Å². The molecule has 1 aromatic heterocycles. The molecule has 16 heavy (non-hydrogen) atoms. The summed E-state index contributed by atoms with van der Waals surface area (Å²) < 4.78 is 0. The van der Waals surface area contributed by atoms with Gasteiger partial charge in [0.1, 0.15) is 5.82 Å². The summed E-state index contributed by atoms with van der Waals surface area (Å²) in [4.78, 5) is 0. The highest BCUT2D eigenvalue weighted by Gasteiger charge is 2.27. The number of hydrogen-bond donors (Lipinski definition) is 2. The van der Waals surface area contributed by atoms with Crippen LogP contribution in [-0.4, -0.2) is 27.4 Å². The van der Waals surface area contributed by atoms with Gasteiger partial charge in [-0.15, -0.1) is 5.10 Å². The fourth-order valence-corrected chi connectivity index (χ4v) is 2.21. The Balaban J connectivity index is 1.88. The summed E-state index contributed by atoms with van der Waals surface area (Å²) in [7, 11) is 0. The van der Waals surface area contributed by atoms with E-state index in [4.69, 9.17) is 0 Å². The minimum Gasteiger partial charge on any atom is -0.388 e. The largest absolute Gasteiger partial charge is 0.388 e. The van der Waals surface area contributed by atoms with Crippen molar-refractivity contribution < 1.29 is 5.11 Å². The molecule has 0 saturated heterocycles. The van der Waals surface area contributed by atoms with Crippen molar-refractivity contribution in [3.05, 3.63) is 18.3 Å². The van der Waals surface area contributed by atoms with Gasteiger partial charge in [-0.25, -0.2) is 0 Å². The molecule has 2 rings (SSSR count). The molecule has 1 aliphatic carbocycles. The van der Waals surface area contributed by atoms with Crippen LogP contribution >= 0.6 is 0 Å². The number of nitrogens with one attached hydrogen (secondary N) is 1. The second kappa shape index (κ2) is 5.25. The van der Waals surface area contributed by atoms with Crippen LogP contribution in [0.1, 0.15) is 38.5 Å². The van der Waals surface area contributed by atoms with E-state index in [1.54, 1.807) is 6.20 Å². The monoisotopic (exact) mass is 221 g/mol. The molecule has 0 amide bonds. The van der Waals surface area contributed by atoms with E-state index in [0.29, 0.717) is 6.54 Å². The first kappa shape index (κ1) is 11.3. The SMILES string of the molecule is OC1(CNc2cccnn2)CCCCCC1. The van der Waals surface area contributed by atoms with Gasteiger partial charge in [0.25, 0.3) is 0 Å². The van der Waals surface area contributed by atoms with Gasteiger partial charge in [0.2, 0.25) is 0 Å². The molecular formula is C12H19N3O. The summed E-state index contributed by atoms with van der Waals surface area (Å²) in [5, 5.41) is 21.3. The summed E-state index contributed by atoms with van der Waals surface area (Å²) in [5.41, 5.74) is -0.561. The highest BCUT2D eigenvalue weighted by atomic mass is 16.3.